The molecule has 0 bridgehead atoms. The van der Waals surface area contributed by atoms with E-state index in [4.69, 9.17) is 4.74 Å². The number of carboxylic acids is 1. The van der Waals surface area contributed by atoms with Crippen LogP contribution in [0.2, 0.25) is 0 Å². The van der Waals surface area contributed by atoms with Gasteiger partial charge in [-0.3, -0.25) is 14.2 Å². The van der Waals surface area contributed by atoms with E-state index in [1.54, 1.807) is 0 Å². The Morgan fingerprint density at radius 2 is 2.17 bits per heavy atom. The summed E-state index contributed by atoms with van der Waals surface area (Å²) < 4.78 is 6.10. The standard InChI is InChI=1S/C15H19N3O5S/c1-8(2)12-17-13-11(9(7-24-13)15(21)22)14(20)18(12)6-10(19)16-4-5-23-3/h7-8H,4-6H2,1-3H3,(H,16,19)(H,21,22). The fourth-order valence-corrected chi connectivity index (χ4v) is 3.19. The summed E-state index contributed by atoms with van der Waals surface area (Å²) in [6.45, 7) is 4.20. The molecule has 2 aromatic heterocycles. The molecule has 0 unspecified atom stereocenters. The van der Waals surface area contributed by atoms with Gasteiger partial charge in [0, 0.05) is 25.0 Å². The predicted octanol–water partition coefficient (Wildman–Crippen LogP) is 1.04. The quantitative estimate of drug-likeness (QED) is 0.720. The van der Waals surface area contributed by atoms with E-state index < -0.39 is 11.5 Å². The monoisotopic (exact) mass is 353 g/mol. The normalized spacial score (nSPS) is 11.2. The van der Waals surface area contributed by atoms with Gasteiger partial charge in [0.05, 0.1) is 17.6 Å². The predicted molar refractivity (Wildman–Crippen MR) is 89.8 cm³/mol. The number of rotatable bonds is 7. The largest absolute Gasteiger partial charge is 0.478 e. The van der Waals surface area contributed by atoms with E-state index in [9.17, 15) is 19.5 Å². The van der Waals surface area contributed by atoms with E-state index in [1.807, 2.05) is 13.8 Å². The van der Waals surface area contributed by atoms with E-state index in [0.717, 1.165) is 11.3 Å². The van der Waals surface area contributed by atoms with Crippen LogP contribution in [-0.4, -0.2) is 46.8 Å². The van der Waals surface area contributed by atoms with Crippen molar-refractivity contribution in [2.24, 2.45) is 0 Å². The number of thiophene rings is 1. The van der Waals surface area contributed by atoms with Crippen LogP contribution in [0, 0.1) is 0 Å². The Bertz CT molecular complexity index is 824. The Morgan fingerprint density at radius 1 is 1.46 bits per heavy atom. The number of aromatic nitrogens is 2. The van der Waals surface area contributed by atoms with Crippen molar-refractivity contribution < 1.29 is 19.4 Å². The van der Waals surface area contributed by atoms with Gasteiger partial charge in [0.25, 0.3) is 5.56 Å². The molecular weight excluding hydrogens is 334 g/mol. The zero-order valence-electron chi connectivity index (χ0n) is 13.7. The van der Waals surface area contributed by atoms with Crippen molar-refractivity contribution in [3.63, 3.8) is 0 Å². The number of fused-ring (bicyclic) bond motifs is 1. The third-order valence-corrected chi connectivity index (χ3v) is 4.27. The molecule has 8 nitrogen and oxygen atoms in total. The second-order valence-electron chi connectivity index (χ2n) is 5.49. The molecule has 1 amide bonds. The van der Waals surface area contributed by atoms with Crippen molar-refractivity contribution >= 4 is 33.4 Å². The van der Waals surface area contributed by atoms with Crippen LogP contribution in [0.3, 0.4) is 0 Å². The van der Waals surface area contributed by atoms with Gasteiger partial charge in [-0.15, -0.1) is 11.3 Å². The summed E-state index contributed by atoms with van der Waals surface area (Å²) in [6, 6.07) is 0. The van der Waals surface area contributed by atoms with Gasteiger partial charge in [0.15, 0.2) is 0 Å². The van der Waals surface area contributed by atoms with Crippen LogP contribution < -0.4 is 10.9 Å². The Balaban J connectivity index is 2.49. The number of nitrogens with one attached hydrogen (secondary N) is 1. The van der Waals surface area contributed by atoms with Crippen molar-refractivity contribution in [2.75, 3.05) is 20.3 Å². The second-order valence-corrected chi connectivity index (χ2v) is 6.35. The first-order chi connectivity index (χ1) is 11.4. The van der Waals surface area contributed by atoms with Gasteiger partial charge >= 0.3 is 5.97 Å². The molecule has 0 fully saturated rings. The van der Waals surface area contributed by atoms with E-state index in [0.29, 0.717) is 23.8 Å². The number of nitrogens with zero attached hydrogens (tertiary/aromatic N) is 2. The molecule has 130 valence electrons. The highest BCUT2D eigenvalue weighted by Gasteiger charge is 2.21. The molecule has 0 atom stereocenters. The van der Waals surface area contributed by atoms with Crippen molar-refractivity contribution in [1.29, 1.82) is 0 Å². The van der Waals surface area contributed by atoms with Gasteiger partial charge in [0.2, 0.25) is 5.91 Å². The smallest absolute Gasteiger partial charge is 0.337 e. The lowest BCUT2D eigenvalue weighted by Gasteiger charge is -2.15. The summed E-state index contributed by atoms with van der Waals surface area (Å²) in [5.41, 5.74) is -0.597. The highest BCUT2D eigenvalue weighted by atomic mass is 32.1. The molecule has 0 aromatic carbocycles. The lowest BCUT2D eigenvalue weighted by atomic mass is 10.2. The second kappa shape index (κ2) is 7.54. The molecule has 2 N–H and O–H groups in total. The Labute approximate surface area is 142 Å². The number of carboxylic acid groups (broad SMARTS) is 1. The van der Waals surface area contributed by atoms with Crippen LogP contribution in [0.5, 0.6) is 0 Å². The fourth-order valence-electron chi connectivity index (χ4n) is 2.28. The molecule has 0 saturated carbocycles. The van der Waals surface area contributed by atoms with Crippen LogP contribution in [0.25, 0.3) is 10.2 Å². The van der Waals surface area contributed by atoms with Crippen LogP contribution in [0.1, 0.15) is 35.9 Å². The third-order valence-electron chi connectivity index (χ3n) is 3.40. The summed E-state index contributed by atoms with van der Waals surface area (Å²) in [6.07, 6.45) is 0. The van der Waals surface area contributed by atoms with Gasteiger partial charge in [-0.1, -0.05) is 13.8 Å². The zero-order chi connectivity index (χ0) is 17.9. The van der Waals surface area contributed by atoms with Gasteiger partial charge in [-0.2, -0.15) is 0 Å². The minimum absolute atomic E-state index is 0.0431. The fraction of sp³-hybridized carbons (Fsp3) is 0.467. The van der Waals surface area contributed by atoms with E-state index in [1.165, 1.54) is 17.1 Å². The summed E-state index contributed by atoms with van der Waals surface area (Å²) >= 11 is 1.11. The van der Waals surface area contributed by atoms with Crippen LogP contribution in [-0.2, 0) is 16.1 Å². The number of hydrogen-bond donors (Lipinski definition) is 2. The zero-order valence-corrected chi connectivity index (χ0v) is 14.5. The number of amides is 1. The topological polar surface area (TPSA) is 111 Å². The molecule has 0 saturated heterocycles. The average molecular weight is 353 g/mol. The number of ether oxygens (including phenoxy) is 1. The number of carbonyl (C=O) groups excluding carboxylic acids is 1. The van der Waals surface area contributed by atoms with E-state index >= 15 is 0 Å². The summed E-state index contributed by atoms with van der Waals surface area (Å²) in [5.74, 6) is -1.18. The van der Waals surface area contributed by atoms with Crippen LogP contribution >= 0.6 is 11.3 Å². The Kier molecular flexibility index (Phi) is 5.68. The SMILES string of the molecule is COCCNC(=O)Cn1c(C(C)C)nc2scc(C(=O)O)c2c1=O. The van der Waals surface area contributed by atoms with Crippen LogP contribution in [0.15, 0.2) is 10.2 Å². The Morgan fingerprint density at radius 3 is 2.75 bits per heavy atom. The van der Waals surface area contributed by atoms with Crippen LogP contribution in [0.4, 0.5) is 0 Å². The maximum absolute atomic E-state index is 12.8. The number of hydrogen-bond acceptors (Lipinski definition) is 6. The van der Waals surface area contributed by atoms with Crippen molar-refractivity contribution in [2.45, 2.75) is 26.3 Å². The van der Waals surface area contributed by atoms with Crippen molar-refractivity contribution in [3.05, 3.63) is 27.1 Å². The first-order valence-corrected chi connectivity index (χ1v) is 8.25. The minimum atomic E-state index is -1.19. The first-order valence-electron chi connectivity index (χ1n) is 7.37. The molecule has 0 aliphatic heterocycles. The molecule has 0 spiro atoms. The third kappa shape index (κ3) is 3.62. The molecule has 0 aliphatic rings. The summed E-state index contributed by atoms with van der Waals surface area (Å²) in [7, 11) is 1.52. The number of methoxy groups -OCH3 is 1. The average Bonchev–Trinajstić information content (AvgIpc) is 2.94. The maximum Gasteiger partial charge on any atom is 0.337 e. The van der Waals surface area contributed by atoms with Gasteiger partial charge in [0.1, 0.15) is 17.2 Å². The van der Waals surface area contributed by atoms with Crippen molar-refractivity contribution in [3.8, 4) is 0 Å². The number of carbonyl (C=O) groups is 2. The van der Waals surface area contributed by atoms with Crippen molar-refractivity contribution in [1.82, 2.24) is 14.9 Å². The molecular formula is C15H19N3O5S. The Hall–Kier alpha value is -2.26. The van der Waals surface area contributed by atoms with Gasteiger partial charge in [-0.25, -0.2) is 9.78 Å². The molecule has 2 rings (SSSR count). The molecule has 0 aliphatic carbocycles. The molecule has 9 heteroatoms. The maximum atomic E-state index is 12.8. The highest BCUT2D eigenvalue weighted by molar-refractivity contribution is 7.17. The van der Waals surface area contributed by atoms with Gasteiger partial charge < -0.3 is 15.2 Å². The lowest BCUT2D eigenvalue weighted by molar-refractivity contribution is -0.121. The lowest BCUT2D eigenvalue weighted by Crippen LogP contribution is -2.36. The van der Waals surface area contributed by atoms with Gasteiger partial charge in [-0.05, 0) is 0 Å². The number of aromatic carboxylic acids is 1. The molecule has 2 heterocycles. The summed E-state index contributed by atoms with van der Waals surface area (Å²) in [5, 5.41) is 13.3. The summed E-state index contributed by atoms with van der Waals surface area (Å²) in [4.78, 5) is 40.9. The van der Waals surface area contributed by atoms with E-state index in [-0.39, 0.29) is 29.3 Å². The van der Waals surface area contributed by atoms with E-state index in [2.05, 4.69) is 10.3 Å². The first kappa shape index (κ1) is 18.1. The highest BCUT2D eigenvalue weighted by Crippen LogP contribution is 2.23. The minimum Gasteiger partial charge on any atom is -0.478 e. The molecule has 2 aromatic rings. The molecule has 24 heavy (non-hydrogen) atoms. The molecule has 0 radical (unpaired) electrons.